The third-order valence-corrected chi connectivity index (χ3v) is 4.04. The van der Waals surface area contributed by atoms with Gasteiger partial charge in [-0.3, -0.25) is 0 Å². The van der Waals surface area contributed by atoms with E-state index in [0.29, 0.717) is 17.4 Å². The second-order valence-electron chi connectivity index (χ2n) is 5.64. The quantitative estimate of drug-likeness (QED) is 0.942. The van der Waals surface area contributed by atoms with Crippen molar-refractivity contribution in [2.24, 2.45) is 0 Å². The molecule has 0 spiro atoms. The smallest absolute Gasteiger partial charge is 0.213 e. The second kappa shape index (κ2) is 7.21. The molecule has 1 aliphatic heterocycles. The molecule has 1 saturated heterocycles. The molecule has 0 atom stereocenters. The van der Waals surface area contributed by atoms with Crippen molar-refractivity contribution in [3.05, 3.63) is 59.0 Å². The predicted octanol–water partition coefficient (Wildman–Crippen LogP) is 3.14. The second-order valence-corrected chi connectivity index (χ2v) is 5.64. The molecule has 0 radical (unpaired) electrons. The van der Waals surface area contributed by atoms with Crippen LogP contribution >= 0.6 is 0 Å². The maximum Gasteiger partial charge on any atom is 0.213 e. The molecule has 2 aromatic rings. The van der Waals surface area contributed by atoms with Crippen LogP contribution in [0.3, 0.4) is 0 Å². The largest absolute Gasteiger partial charge is 0.473 e. The first-order chi connectivity index (χ1) is 11.3. The van der Waals surface area contributed by atoms with Gasteiger partial charge in [-0.25, -0.2) is 9.37 Å². The molecule has 0 aliphatic carbocycles. The van der Waals surface area contributed by atoms with E-state index in [0.717, 1.165) is 31.6 Å². The van der Waals surface area contributed by atoms with Gasteiger partial charge in [0.1, 0.15) is 18.5 Å². The van der Waals surface area contributed by atoms with Gasteiger partial charge >= 0.3 is 0 Å². The standard InChI is InChI=1S/C18H18FN3O/c19-16-10-13(4-5-15(16)11-20)12-23-18-3-1-2-17(22-18)14-6-8-21-9-7-14/h1-5,10,14,21H,6-9,12H2. The zero-order chi connectivity index (χ0) is 16.1. The Labute approximate surface area is 134 Å². The normalized spacial score (nSPS) is 15.1. The summed E-state index contributed by atoms with van der Waals surface area (Å²) in [4.78, 5) is 4.57. The number of pyridine rings is 1. The molecule has 1 fully saturated rings. The molecule has 4 nitrogen and oxygen atoms in total. The van der Waals surface area contributed by atoms with Crippen molar-refractivity contribution in [2.45, 2.75) is 25.4 Å². The van der Waals surface area contributed by atoms with Crippen LogP contribution in [0.15, 0.2) is 36.4 Å². The minimum atomic E-state index is -0.523. The van der Waals surface area contributed by atoms with E-state index in [9.17, 15) is 4.39 Å². The summed E-state index contributed by atoms with van der Waals surface area (Å²) in [6, 6.07) is 12.1. The fourth-order valence-corrected chi connectivity index (χ4v) is 2.75. The van der Waals surface area contributed by atoms with Crippen LogP contribution in [0.4, 0.5) is 4.39 Å². The van der Waals surface area contributed by atoms with Crippen molar-refractivity contribution >= 4 is 0 Å². The third kappa shape index (κ3) is 3.85. The van der Waals surface area contributed by atoms with E-state index in [-0.39, 0.29) is 12.2 Å². The van der Waals surface area contributed by atoms with Crippen molar-refractivity contribution in [1.29, 1.82) is 5.26 Å². The molecular formula is C18H18FN3O. The van der Waals surface area contributed by atoms with E-state index in [1.54, 1.807) is 12.1 Å². The summed E-state index contributed by atoms with van der Waals surface area (Å²) in [7, 11) is 0. The first-order valence-corrected chi connectivity index (χ1v) is 7.75. The number of aromatic nitrogens is 1. The van der Waals surface area contributed by atoms with Crippen molar-refractivity contribution < 1.29 is 9.13 Å². The summed E-state index contributed by atoms with van der Waals surface area (Å²) in [5, 5.41) is 12.1. The Morgan fingerprint density at radius 3 is 2.83 bits per heavy atom. The number of nitrogens with zero attached hydrogens (tertiary/aromatic N) is 2. The highest BCUT2D eigenvalue weighted by Gasteiger charge is 2.16. The van der Waals surface area contributed by atoms with E-state index in [1.165, 1.54) is 12.1 Å². The molecule has 0 unspecified atom stereocenters. The number of rotatable bonds is 4. The van der Waals surface area contributed by atoms with Gasteiger partial charge in [-0.15, -0.1) is 0 Å². The van der Waals surface area contributed by atoms with Gasteiger partial charge in [-0.2, -0.15) is 5.26 Å². The molecule has 0 bridgehead atoms. The van der Waals surface area contributed by atoms with E-state index >= 15 is 0 Å². The SMILES string of the molecule is N#Cc1ccc(COc2cccc(C3CCNCC3)n2)cc1F. The minimum Gasteiger partial charge on any atom is -0.473 e. The highest BCUT2D eigenvalue weighted by atomic mass is 19.1. The molecule has 1 aliphatic rings. The summed E-state index contributed by atoms with van der Waals surface area (Å²) >= 11 is 0. The highest BCUT2D eigenvalue weighted by Crippen LogP contribution is 2.25. The first kappa shape index (κ1) is 15.4. The van der Waals surface area contributed by atoms with Gasteiger partial charge < -0.3 is 10.1 Å². The Kier molecular flexibility index (Phi) is 4.84. The van der Waals surface area contributed by atoms with Crippen LogP contribution in [0.5, 0.6) is 5.88 Å². The molecule has 118 valence electrons. The lowest BCUT2D eigenvalue weighted by Gasteiger charge is -2.22. The molecule has 0 saturated carbocycles. The number of hydrogen-bond donors (Lipinski definition) is 1. The monoisotopic (exact) mass is 311 g/mol. The maximum atomic E-state index is 13.6. The number of benzene rings is 1. The van der Waals surface area contributed by atoms with E-state index in [2.05, 4.69) is 10.3 Å². The number of halogens is 1. The van der Waals surface area contributed by atoms with Crippen LogP contribution in [0.2, 0.25) is 0 Å². The zero-order valence-corrected chi connectivity index (χ0v) is 12.8. The molecule has 3 rings (SSSR count). The van der Waals surface area contributed by atoms with Gasteiger partial charge in [-0.05, 0) is 49.7 Å². The summed E-state index contributed by atoms with van der Waals surface area (Å²) in [6.07, 6.45) is 2.16. The molecule has 23 heavy (non-hydrogen) atoms. The van der Waals surface area contributed by atoms with Gasteiger partial charge in [-0.1, -0.05) is 12.1 Å². The lowest BCUT2D eigenvalue weighted by Crippen LogP contribution is -2.27. The van der Waals surface area contributed by atoms with Crippen molar-refractivity contribution in [1.82, 2.24) is 10.3 Å². The topological polar surface area (TPSA) is 57.9 Å². The molecule has 1 aromatic heterocycles. The van der Waals surface area contributed by atoms with E-state index in [4.69, 9.17) is 10.00 Å². The summed E-state index contributed by atoms with van der Waals surface area (Å²) in [5.74, 6) is 0.489. The zero-order valence-electron chi connectivity index (χ0n) is 12.8. The van der Waals surface area contributed by atoms with Crippen LogP contribution in [-0.4, -0.2) is 18.1 Å². The lowest BCUT2D eigenvalue weighted by atomic mass is 9.94. The summed E-state index contributed by atoms with van der Waals surface area (Å²) in [5.41, 5.74) is 1.77. The Morgan fingerprint density at radius 1 is 1.26 bits per heavy atom. The van der Waals surface area contributed by atoms with E-state index < -0.39 is 5.82 Å². The van der Waals surface area contributed by atoms with Crippen LogP contribution in [-0.2, 0) is 6.61 Å². The Bertz CT molecular complexity index is 720. The van der Waals surface area contributed by atoms with Crippen LogP contribution in [0.1, 0.15) is 35.6 Å². The van der Waals surface area contributed by atoms with Gasteiger partial charge in [0.25, 0.3) is 0 Å². The highest BCUT2D eigenvalue weighted by molar-refractivity contribution is 5.33. The number of nitrogens with one attached hydrogen (secondary N) is 1. The first-order valence-electron chi connectivity index (χ1n) is 7.75. The average Bonchev–Trinajstić information content (AvgIpc) is 2.61. The molecule has 0 amide bonds. The van der Waals surface area contributed by atoms with E-state index in [1.807, 2.05) is 18.2 Å². The van der Waals surface area contributed by atoms with Gasteiger partial charge in [0, 0.05) is 17.7 Å². The third-order valence-electron chi connectivity index (χ3n) is 4.04. The van der Waals surface area contributed by atoms with Crippen molar-refractivity contribution in [3.63, 3.8) is 0 Å². The molecule has 1 N–H and O–H groups in total. The Hall–Kier alpha value is -2.45. The van der Waals surface area contributed by atoms with Crippen molar-refractivity contribution in [2.75, 3.05) is 13.1 Å². The molecule has 2 heterocycles. The maximum absolute atomic E-state index is 13.6. The average molecular weight is 311 g/mol. The van der Waals surface area contributed by atoms with Crippen molar-refractivity contribution in [3.8, 4) is 11.9 Å². The Balaban J connectivity index is 1.66. The minimum absolute atomic E-state index is 0.0415. The summed E-state index contributed by atoms with van der Waals surface area (Å²) in [6.45, 7) is 2.26. The number of ether oxygens (including phenoxy) is 1. The van der Waals surface area contributed by atoms with Crippen LogP contribution in [0.25, 0.3) is 0 Å². The molecular weight excluding hydrogens is 293 g/mol. The lowest BCUT2D eigenvalue weighted by molar-refractivity contribution is 0.291. The van der Waals surface area contributed by atoms with Crippen LogP contribution in [0, 0.1) is 17.1 Å². The fourth-order valence-electron chi connectivity index (χ4n) is 2.75. The predicted molar refractivity (Wildman–Crippen MR) is 84.5 cm³/mol. The fraction of sp³-hybridized carbons (Fsp3) is 0.333. The molecule has 5 heteroatoms. The van der Waals surface area contributed by atoms with Gasteiger partial charge in [0.2, 0.25) is 5.88 Å². The number of hydrogen-bond acceptors (Lipinski definition) is 4. The number of piperidine rings is 1. The van der Waals surface area contributed by atoms with Crippen LogP contribution < -0.4 is 10.1 Å². The molecule has 1 aromatic carbocycles. The Morgan fingerprint density at radius 2 is 2.09 bits per heavy atom. The van der Waals surface area contributed by atoms with Gasteiger partial charge in [0.15, 0.2) is 0 Å². The summed E-state index contributed by atoms with van der Waals surface area (Å²) < 4.78 is 19.3. The van der Waals surface area contributed by atoms with Gasteiger partial charge in [0.05, 0.1) is 5.56 Å². The number of nitriles is 1.